The lowest BCUT2D eigenvalue weighted by molar-refractivity contribution is -0.148. The molecule has 0 aromatic heterocycles. The fraction of sp³-hybridized carbons (Fsp3) is 0.750. The second-order valence-corrected chi connectivity index (χ2v) is 4.28. The highest BCUT2D eigenvalue weighted by atomic mass is 16.2. The summed E-state index contributed by atoms with van der Waals surface area (Å²) in [5.74, 6) is -0.0636. The Morgan fingerprint density at radius 2 is 2.06 bits per heavy atom. The number of imide groups is 1. The molecule has 2 amide bonds. The van der Waals surface area contributed by atoms with Crippen LogP contribution in [0.15, 0.2) is 4.99 Å². The Labute approximate surface area is 102 Å². The topological polar surface area (TPSA) is 61.8 Å². The van der Waals surface area contributed by atoms with Crippen molar-refractivity contribution in [3.05, 3.63) is 0 Å². The average molecular weight is 239 g/mol. The summed E-state index contributed by atoms with van der Waals surface area (Å²) in [4.78, 5) is 28.5. The first-order valence-electron chi connectivity index (χ1n) is 6.22. The molecule has 1 atom stereocenters. The van der Waals surface area contributed by atoms with Crippen molar-refractivity contribution in [2.75, 3.05) is 13.1 Å². The van der Waals surface area contributed by atoms with Crippen LogP contribution >= 0.6 is 0 Å². The molecule has 17 heavy (non-hydrogen) atoms. The lowest BCUT2D eigenvalue weighted by atomic mass is 10.1. The van der Waals surface area contributed by atoms with E-state index in [9.17, 15) is 9.59 Å². The number of rotatable bonds is 6. The maximum absolute atomic E-state index is 11.5. The van der Waals surface area contributed by atoms with E-state index in [1.807, 2.05) is 13.8 Å². The predicted octanol–water partition coefficient (Wildman–Crippen LogP) is 0.942. The summed E-state index contributed by atoms with van der Waals surface area (Å²) in [5.41, 5.74) is 0. The molecular weight excluding hydrogens is 218 g/mol. The van der Waals surface area contributed by atoms with E-state index in [0.717, 1.165) is 13.0 Å². The summed E-state index contributed by atoms with van der Waals surface area (Å²) in [5, 5.41) is 3.11. The number of carbonyl (C=O) groups excluding carboxylic acids is 2. The van der Waals surface area contributed by atoms with Gasteiger partial charge in [0.2, 0.25) is 11.8 Å². The van der Waals surface area contributed by atoms with Gasteiger partial charge in [-0.15, -0.1) is 0 Å². The van der Waals surface area contributed by atoms with Gasteiger partial charge in [0.05, 0.1) is 6.34 Å². The summed E-state index contributed by atoms with van der Waals surface area (Å²) in [6.07, 6.45) is 4.15. The van der Waals surface area contributed by atoms with Crippen LogP contribution in [0.25, 0.3) is 0 Å². The minimum atomic E-state index is -0.0318. The van der Waals surface area contributed by atoms with E-state index in [2.05, 4.69) is 10.3 Å². The van der Waals surface area contributed by atoms with E-state index in [4.69, 9.17) is 0 Å². The third-order valence-electron chi connectivity index (χ3n) is 2.80. The molecule has 1 rings (SSSR count). The van der Waals surface area contributed by atoms with Gasteiger partial charge >= 0.3 is 0 Å². The Morgan fingerprint density at radius 3 is 2.65 bits per heavy atom. The minimum absolute atomic E-state index is 0.0318. The zero-order valence-electron chi connectivity index (χ0n) is 10.6. The molecular formula is C12H21N3O2. The fourth-order valence-corrected chi connectivity index (χ4v) is 1.73. The van der Waals surface area contributed by atoms with E-state index in [-0.39, 0.29) is 17.9 Å². The number of carbonyl (C=O) groups is 2. The van der Waals surface area contributed by atoms with Crippen LogP contribution in [-0.4, -0.2) is 42.2 Å². The monoisotopic (exact) mass is 239 g/mol. The highest BCUT2D eigenvalue weighted by Gasteiger charge is 2.25. The average Bonchev–Trinajstić information content (AvgIpc) is 2.29. The highest BCUT2D eigenvalue weighted by Crippen LogP contribution is 2.12. The Balaban J connectivity index is 2.31. The predicted molar refractivity (Wildman–Crippen MR) is 66.8 cm³/mol. The van der Waals surface area contributed by atoms with Gasteiger partial charge in [0, 0.05) is 32.0 Å². The van der Waals surface area contributed by atoms with Crippen LogP contribution in [-0.2, 0) is 9.59 Å². The SMILES string of the molecule is CC/N=C\N[C@@H](C)CCN1C(=O)CCCC1=O. The molecule has 0 radical (unpaired) electrons. The molecule has 5 heteroatoms. The van der Waals surface area contributed by atoms with Crippen molar-refractivity contribution in [1.82, 2.24) is 10.2 Å². The maximum Gasteiger partial charge on any atom is 0.229 e. The van der Waals surface area contributed by atoms with Crippen molar-refractivity contribution in [2.45, 2.75) is 45.6 Å². The van der Waals surface area contributed by atoms with Crippen LogP contribution in [0.5, 0.6) is 0 Å². The summed E-state index contributed by atoms with van der Waals surface area (Å²) < 4.78 is 0. The van der Waals surface area contributed by atoms with Gasteiger partial charge in [0.15, 0.2) is 0 Å². The van der Waals surface area contributed by atoms with Gasteiger partial charge in [0.25, 0.3) is 0 Å². The molecule has 0 aromatic carbocycles. The van der Waals surface area contributed by atoms with Gasteiger partial charge in [0.1, 0.15) is 0 Å². The third kappa shape index (κ3) is 4.54. The summed E-state index contributed by atoms with van der Waals surface area (Å²) in [6.45, 7) is 5.24. The van der Waals surface area contributed by atoms with Crippen molar-refractivity contribution in [3.8, 4) is 0 Å². The molecule has 0 aliphatic carbocycles. The van der Waals surface area contributed by atoms with Gasteiger partial charge < -0.3 is 5.32 Å². The van der Waals surface area contributed by atoms with E-state index in [0.29, 0.717) is 25.8 Å². The molecule has 0 spiro atoms. The van der Waals surface area contributed by atoms with Crippen LogP contribution in [0.3, 0.4) is 0 Å². The third-order valence-corrected chi connectivity index (χ3v) is 2.80. The standard InChI is InChI=1S/C12H21N3O2/c1-3-13-9-14-10(2)7-8-15-11(16)5-4-6-12(15)17/h9-10H,3-8H2,1-2H3,(H,13,14)/t10-/m0/s1. The van der Waals surface area contributed by atoms with Gasteiger partial charge in [-0.1, -0.05) is 0 Å². The Hall–Kier alpha value is -1.39. The summed E-state index contributed by atoms with van der Waals surface area (Å²) in [7, 11) is 0. The molecule has 1 saturated heterocycles. The molecule has 0 aromatic rings. The molecule has 1 N–H and O–H groups in total. The summed E-state index contributed by atoms with van der Waals surface area (Å²) in [6, 6.07) is 0.216. The lowest BCUT2D eigenvalue weighted by Crippen LogP contribution is -2.42. The first-order valence-corrected chi connectivity index (χ1v) is 6.22. The zero-order valence-corrected chi connectivity index (χ0v) is 10.6. The molecule has 96 valence electrons. The molecule has 1 heterocycles. The van der Waals surface area contributed by atoms with Gasteiger partial charge in [-0.05, 0) is 26.7 Å². The second kappa shape index (κ2) is 7.04. The van der Waals surface area contributed by atoms with Crippen molar-refractivity contribution < 1.29 is 9.59 Å². The first kappa shape index (κ1) is 13.7. The molecule has 0 unspecified atom stereocenters. The van der Waals surface area contributed by atoms with E-state index in [1.54, 1.807) is 6.34 Å². The zero-order chi connectivity index (χ0) is 12.7. The molecule has 1 aliphatic rings. The van der Waals surface area contributed by atoms with Crippen LogP contribution < -0.4 is 5.32 Å². The van der Waals surface area contributed by atoms with Crippen LogP contribution in [0.4, 0.5) is 0 Å². The van der Waals surface area contributed by atoms with Crippen molar-refractivity contribution in [1.29, 1.82) is 0 Å². The normalized spacial score (nSPS) is 18.8. The van der Waals surface area contributed by atoms with Crippen LogP contribution in [0, 0.1) is 0 Å². The van der Waals surface area contributed by atoms with E-state index < -0.39 is 0 Å². The minimum Gasteiger partial charge on any atom is -0.374 e. The van der Waals surface area contributed by atoms with Gasteiger partial charge in [-0.3, -0.25) is 19.5 Å². The van der Waals surface area contributed by atoms with Gasteiger partial charge in [-0.2, -0.15) is 0 Å². The summed E-state index contributed by atoms with van der Waals surface area (Å²) >= 11 is 0. The molecule has 5 nitrogen and oxygen atoms in total. The van der Waals surface area contributed by atoms with E-state index in [1.165, 1.54) is 4.90 Å². The second-order valence-electron chi connectivity index (χ2n) is 4.28. The first-order chi connectivity index (χ1) is 8.15. The molecule has 1 fully saturated rings. The fourth-order valence-electron chi connectivity index (χ4n) is 1.73. The largest absolute Gasteiger partial charge is 0.374 e. The maximum atomic E-state index is 11.5. The van der Waals surface area contributed by atoms with Crippen molar-refractivity contribution in [3.63, 3.8) is 0 Å². The van der Waals surface area contributed by atoms with Crippen molar-refractivity contribution in [2.24, 2.45) is 4.99 Å². The number of aliphatic imine (C=N–C) groups is 1. The van der Waals surface area contributed by atoms with Crippen molar-refractivity contribution >= 4 is 18.2 Å². The number of piperidine rings is 1. The molecule has 0 saturated carbocycles. The quantitative estimate of drug-likeness (QED) is 0.426. The highest BCUT2D eigenvalue weighted by molar-refractivity contribution is 5.97. The molecule has 1 aliphatic heterocycles. The number of nitrogens with one attached hydrogen (secondary N) is 1. The number of likely N-dealkylation sites (tertiary alicyclic amines) is 1. The Bertz CT molecular complexity index is 286. The molecule has 0 bridgehead atoms. The number of nitrogens with zero attached hydrogens (tertiary/aromatic N) is 2. The number of hydrogen-bond acceptors (Lipinski definition) is 3. The number of hydrogen-bond donors (Lipinski definition) is 1. The van der Waals surface area contributed by atoms with Gasteiger partial charge in [-0.25, -0.2) is 0 Å². The lowest BCUT2D eigenvalue weighted by Gasteiger charge is -2.26. The van der Waals surface area contributed by atoms with Crippen LogP contribution in [0.1, 0.15) is 39.5 Å². The Morgan fingerprint density at radius 1 is 1.41 bits per heavy atom. The Kier molecular flexibility index (Phi) is 5.66. The van der Waals surface area contributed by atoms with Crippen LogP contribution in [0.2, 0.25) is 0 Å². The van der Waals surface area contributed by atoms with E-state index >= 15 is 0 Å². The smallest absolute Gasteiger partial charge is 0.229 e. The number of amides is 2.